The summed E-state index contributed by atoms with van der Waals surface area (Å²) in [5, 5.41) is 9.60. The minimum Gasteiger partial charge on any atom is -0.324 e. The summed E-state index contributed by atoms with van der Waals surface area (Å²) >= 11 is 5.70. The van der Waals surface area contributed by atoms with E-state index in [1.54, 1.807) is 49.6 Å². The van der Waals surface area contributed by atoms with Crippen LogP contribution in [0.25, 0.3) is 0 Å². The van der Waals surface area contributed by atoms with Crippen molar-refractivity contribution >= 4 is 34.8 Å². The number of benzene rings is 2. The molecule has 3 rings (SSSR count). The molecule has 0 unspecified atom stereocenters. The molecule has 1 aromatic heterocycles. The normalized spacial score (nSPS) is 11.7. The molecular formula is C19H16ClFN4O2. The van der Waals surface area contributed by atoms with Gasteiger partial charge in [-0.15, -0.1) is 0 Å². The molecule has 8 heteroatoms. The Balaban J connectivity index is 1.70. The van der Waals surface area contributed by atoms with Gasteiger partial charge in [0.05, 0.1) is 5.56 Å². The summed E-state index contributed by atoms with van der Waals surface area (Å²) in [6.45, 7) is 1.72. The van der Waals surface area contributed by atoms with Gasteiger partial charge in [0.25, 0.3) is 5.91 Å². The van der Waals surface area contributed by atoms with E-state index in [0.29, 0.717) is 11.4 Å². The van der Waals surface area contributed by atoms with Crippen LogP contribution < -0.4 is 10.6 Å². The average molecular weight is 387 g/mol. The molecule has 0 aliphatic rings. The van der Waals surface area contributed by atoms with Gasteiger partial charge in [-0.05, 0) is 49.4 Å². The lowest BCUT2D eigenvalue weighted by Crippen LogP contribution is -2.24. The molecule has 27 heavy (non-hydrogen) atoms. The third kappa shape index (κ3) is 4.51. The van der Waals surface area contributed by atoms with Gasteiger partial charge in [0.2, 0.25) is 5.91 Å². The summed E-state index contributed by atoms with van der Waals surface area (Å²) in [6.07, 6.45) is 3.29. The Morgan fingerprint density at radius 3 is 2.52 bits per heavy atom. The summed E-state index contributed by atoms with van der Waals surface area (Å²) in [6, 6.07) is 11.6. The van der Waals surface area contributed by atoms with E-state index in [0.717, 1.165) is 6.07 Å². The molecule has 1 heterocycles. The number of rotatable bonds is 5. The third-order valence-corrected chi connectivity index (χ3v) is 4.10. The highest BCUT2D eigenvalue weighted by Crippen LogP contribution is 2.19. The minimum absolute atomic E-state index is 0.124. The largest absolute Gasteiger partial charge is 0.324 e. The molecule has 6 nitrogen and oxygen atoms in total. The number of carbonyl (C=O) groups excluding carboxylic acids is 2. The van der Waals surface area contributed by atoms with E-state index >= 15 is 0 Å². The maximum absolute atomic E-state index is 13.9. The van der Waals surface area contributed by atoms with Gasteiger partial charge in [0.15, 0.2) is 0 Å². The van der Waals surface area contributed by atoms with Crippen LogP contribution in [0, 0.1) is 5.82 Å². The number of halogens is 2. The van der Waals surface area contributed by atoms with Crippen molar-refractivity contribution in [2.24, 2.45) is 0 Å². The fraction of sp³-hybridized carbons (Fsp3) is 0.105. The van der Waals surface area contributed by atoms with Gasteiger partial charge in [-0.1, -0.05) is 17.7 Å². The monoisotopic (exact) mass is 386 g/mol. The average Bonchev–Trinajstić information content (AvgIpc) is 3.15. The Bertz CT molecular complexity index is 976. The molecule has 0 radical (unpaired) electrons. The van der Waals surface area contributed by atoms with Crippen LogP contribution in [-0.4, -0.2) is 21.6 Å². The summed E-state index contributed by atoms with van der Waals surface area (Å²) in [7, 11) is 0. The van der Waals surface area contributed by atoms with Crippen LogP contribution in [0.15, 0.2) is 60.9 Å². The Morgan fingerprint density at radius 2 is 1.85 bits per heavy atom. The van der Waals surface area contributed by atoms with Crippen LogP contribution in [0.3, 0.4) is 0 Å². The van der Waals surface area contributed by atoms with Crippen molar-refractivity contribution in [3.63, 3.8) is 0 Å². The van der Waals surface area contributed by atoms with Gasteiger partial charge in [-0.2, -0.15) is 5.10 Å². The van der Waals surface area contributed by atoms with E-state index < -0.39 is 17.8 Å². The van der Waals surface area contributed by atoms with Crippen LogP contribution in [0.5, 0.6) is 0 Å². The first-order valence-corrected chi connectivity index (χ1v) is 8.48. The molecule has 0 aliphatic heterocycles. The maximum Gasteiger partial charge on any atom is 0.258 e. The number of nitrogens with one attached hydrogen (secondary N) is 2. The van der Waals surface area contributed by atoms with E-state index in [4.69, 9.17) is 11.6 Å². The molecule has 2 N–H and O–H groups in total. The molecule has 2 amide bonds. The van der Waals surface area contributed by atoms with Crippen LogP contribution in [0.4, 0.5) is 15.8 Å². The summed E-state index contributed by atoms with van der Waals surface area (Å²) < 4.78 is 15.4. The van der Waals surface area contributed by atoms with E-state index in [1.807, 2.05) is 0 Å². The lowest BCUT2D eigenvalue weighted by atomic mass is 10.2. The molecule has 0 fully saturated rings. The Morgan fingerprint density at radius 1 is 1.11 bits per heavy atom. The summed E-state index contributed by atoms with van der Waals surface area (Å²) in [5.41, 5.74) is 0.786. The number of aromatic nitrogens is 2. The molecule has 138 valence electrons. The molecule has 0 saturated heterocycles. The first-order valence-electron chi connectivity index (χ1n) is 8.10. The molecule has 2 aromatic carbocycles. The summed E-state index contributed by atoms with van der Waals surface area (Å²) in [4.78, 5) is 24.6. The molecule has 3 aromatic rings. The van der Waals surface area contributed by atoms with Crippen molar-refractivity contribution in [2.45, 2.75) is 13.0 Å². The van der Waals surface area contributed by atoms with E-state index in [-0.39, 0.29) is 16.5 Å². The van der Waals surface area contributed by atoms with Crippen molar-refractivity contribution in [3.05, 3.63) is 77.3 Å². The Kier molecular flexibility index (Phi) is 5.52. The zero-order valence-electron chi connectivity index (χ0n) is 14.3. The van der Waals surface area contributed by atoms with Crippen molar-refractivity contribution in [3.8, 4) is 0 Å². The predicted octanol–water partition coefficient (Wildman–Crippen LogP) is 4.13. The van der Waals surface area contributed by atoms with E-state index in [2.05, 4.69) is 15.7 Å². The van der Waals surface area contributed by atoms with Crippen molar-refractivity contribution < 1.29 is 14.0 Å². The predicted molar refractivity (Wildman–Crippen MR) is 101 cm³/mol. The van der Waals surface area contributed by atoms with Crippen LogP contribution in [0.1, 0.15) is 23.3 Å². The van der Waals surface area contributed by atoms with Crippen molar-refractivity contribution in [1.82, 2.24) is 9.78 Å². The topological polar surface area (TPSA) is 76.0 Å². The van der Waals surface area contributed by atoms with E-state index in [1.165, 1.54) is 16.8 Å². The quantitative estimate of drug-likeness (QED) is 0.692. The SMILES string of the molecule is C[C@@H](C(=O)Nc1cccc(NC(=O)c2ccc(Cl)cc2F)c1)n1cccn1. The number of hydrogen-bond donors (Lipinski definition) is 2. The second-order valence-electron chi connectivity index (χ2n) is 5.81. The molecule has 1 atom stereocenters. The molecule has 0 saturated carbocycles. The number of carbonyl (C=O) groups is 2. The van der Waals surface area contributed by atoms with Gasteiger partial charge in [-0.25, -0.2) is 4.39 Å². The van der Waals surface area contributed by atoms with Gasteiger partial charge < -0.3 is 10.6 Å². The molecule has 0 spiro atoms. The third-order valence-electron chi connectivity index (χ3n) is 3.86. The fourth-order valence-electron chi connectivity index (χ4n) is 2.42. The van der Waals surface area contributed by atoms with Crippen molar-refractivity contribution in [1.29, 1.82) is 0 Å². The zero-order chi connectivity index (χ0) is 19.4. The second-order valence-corrected chi connectivity index (χ2v) is 6.25. The lowest BCUT2D eigenvalue weighted by Gasteiger charge is -2.13. The van der Waals surface area contributed by atoms with E-state index in [9.17, 15) is 14.0 Å². The highest BCUT2D eigenvalue weighted by atomic mass is 35.5. The smallest absolute Gasteiger partial charge is 0.258 e. The Hall–Kier alpha value is -3.19. The van der Waals surface area contributed by atoms with Crippen LogP contribution >= 0.6 is 11.6 Å². The van der Waals surface area contributed by atoms with Crippen molar-refractivity contribution in [2.75, 3.05) is 10.6 Å². The molecular weight excluding hydrogens is 371 g/mol. The molecule has 0 bridgehead atoms. The van der Waals surface area contributed by atoms with Gasteiger partial charge in [-0.3, -0.25) is 14.3 Å². The Labute approximate surface area is 160 Å². The standard InChI is InChI=1S/C19H16ClFN4O2/c1-12(25-9-3-8-22-25)18(26)23-14-4-2-5-15(11-14)24-19(27)16-7-6-13(20)10-17(16)21/h2-12H,1H3,(H,23,26)(H,24,27)/t12-/m0/s1. The zero-order valence-corrected chi connectivity index (χ0v) is 15.1. The number of hydrogen-bond acceptors (Lipinski definition) is 3. The fourth-order valence-corrected chi connectivity index (χ4v) is 2.58. The molecule has 0 aliphatic carbocycles. The second kappa shape index (κ2) is 8.01. The number of amides is 2. The van der Waals surface area contributed by atoms with Gasteiger partial charge >= 0.3 is 0 Å². The number of anilines is 2. The van der Waals surface area contributed by atoms with Crippen LogP contribution in [-0.2, 0) is 4.79 Å². The highest BCUT2D eigenvalue weighted by molar-refractivity contribution is 6.30. The first-order chi connectivity index (χ1) is 12.9. The number of nitrogens with zero attached hydrogens (tertiary/aromatic N) is 2. The maximum atomic E-state index is 13.9. The van der Waals surface area contributed by atoms with Crippen LogP contribution in [0.2, 0.25) is 5.02 Å². The first kappa shape index (κ1) is 18.6. The van der Waals surface area contributed by atoms with Gasteiger partial charge in [0.1, 0.15) is 11.9 Å². The highest BCUT2D eigenvalue weighted by Gasteiger charge is 2.16. The lowest BCUT2D eigenvalue weighted by molar-refractivity contribution is -0.119. The van der Waals surface area contributed by atoms with Gasteiger partial charge in [0, 0.05) is 28.8 Å². The summed E-state index contributed by atoms with van der Waals surface area (Å²) in [5.74, 6) is -1.58. The minimum atomic E-state index is -0.711.